The largest absolute Gasteiger partial charge is 0.378 e. The monoisotopic (exact) mass is 357 g/mol. The van der Waals surface area contributed by atoms with E-state index in [0.29, 0.717) is 11.9 Å². The molecule has 2 aromatic rings. The Balaban J connectivity index is 1.84. The first kappa shape index (κ1) is 18.3. The molecule has 0 aromatic carbocycles. The molecule has 0 unspecified atom stereocenters. The lowest BCUT2D eigenvalue weighted by molar-refractivity contribution is 0.122. The summed E-state index contributed by atoms with van der Waals surface area (Å²) < 4.78 is 5.41. The topological polar surface area (TPSA) is 79.3 Å². The number of anilines is 4. The molecule has 0 atom stereocenters. The fourth-order valence-electron chi connectivity index (χ4n) is 2.66. The first-order valence-electron chi connectivity index (χ1n) is 8.94. The molecule has 0 bridgehead atoms. The van der Waals surface area contributed by atoms with Gasteiger partial charge in [-0.15, -0.1) is 0 Å². The van der Waals surface area contributed by atoms with E-state index in [0.717, 1.165) is 49.3 Å². The van der Waals surface area contributed by atoms with Gasteiger partial charge in [0.05, 0.1) is 24.6 Å². The Labute approximate surface area is 154 Å². The zero-order valence-corrected chi connectivity index (χ0v) is 16.2. The molecule has 1 fully saturated rings. The van der Waals surface area contributed by atoms with E-state index in [1.807, 2.05) is 38.1 Å². The van der Waals surface area contributed by atoms with Gasteiger partial charge in [-0.1, -0.05) is 13.8 Å². The van der Waals surface area contributed by atoms with Crippen LogP contribution < -0.4 is 15.1 Å². The summed E-state index contributed by atoms with van der Waals surface area (Å²) in [6.07, 6.45) is 0. The van der Waals surface area contributed by atoms with Crippen molar-refractivity contribution in [1.82, 2.24) is 19.9 Å². The third kappa shape index (κ3) is 4.19. The lowest BCUT2D eigenvalue weighted by Gasteiger charge is -2.28. The minimum Gasteiger partial charge on any atom is -0.378 e. The smallest absolute Gasteiger partial charge is 0.232 e. The van der Waals surface area contributed by atoms with Crippen LogP contribution in [0, 0.1) is 6.92 Å². The van der Waals surface area contributed by atoms with Gasteiger partial charge in [0.2, 0.25) is 11.9 Å². The summed E-state index contributed by atoms with van der Waals surface area (Å²) in [6.45, 7) is 9.37. The minimum atomic E-state index is 0.222. The van der Waals surface area contributed by atoms with Gasteiger partial charge in [-0.2, -0.15) is 15.0 Å². The molecule has 26 heavy (non-hydrogen) atoms. The molecule has 2 aromatic heterocycles. The highest BCUT2D eigenvalue weighted by Gasteiger charge is 2.15. The predicted molar refractivity (Wildman–Crippen MR) is 104 cm³/mol. The lowest BCUT2D eigenvalue weighted by atomic mass is 10.2. The van der Waals surface area contributed by atoms with Crippen molar-refractivity contribution in [1.29, 1.82) is 0 Å². The van der Waals surface area contributed by atoms with Crippen LogP contribution in [-0.4, -0.2) is 60.3 Å². The Morgan fingerprint density at radius 2 is 1.81 bits per heavy atom. The number of ether oxygens (including phenoxy) is 1. The molecule has 0 aliphatic carbocycles. The van der Waals surface area contributed by atoms with Crippen LogP contribution in [0.15, 0.2) is 12.1 Å². The van der Waals surface area contributed by atoms with Gasteiger partial charge in [-0.25, -0.2) is 4.98 Å². The molecule has 8 heteroatoms. The summed E-state index contributed by atoms with van der Waals surface area (Å²) in [4.78, 5) is 22.4. The van der Waals surface area contributed by atoms with Crippen molar-refractivity contribution in [2.75, 3.05) is 55.5 Å². The van der Waals surface area contributed by atoms with Gasteiger partial charge in [0.25, 0.3) is 0 Å². The Morgan fingerprint density at radius 1 is 1.08 bits per heavy atom. The zero-order valence-electron chi connectivity index (χ0n) is 16.2. The van der Waals surface area contributed by atoms with E-state index in [-0.39, 0.29) is 5.92 Å². The second-order valence-corrected chi connectivity index (χ2v) is 6.89. The van der Waals surface area contributed by atoms with E-state index in [4.69, 9.17) is 9.72 Å². The average molecular weight is 357 g/mol. The fourth-order valence-corrected chi connectivity index (χ4v) is 2.66. The molecule has 8 nitrogen and oxygen atoms in total. The van der Waals surface area contributed by atoms with Crippen LogP contribution >= 0.6 is 0 Å². The average Bonchev–Trinajstić information content (AvgIpc) is 2.63. The molecule has 0 spiro atoms. The van der Waals surface area contributed by atoms with Crippen molar-refractivity contribution in [2.45, 2.75) is 26.7 Å². The van der Waals surface area contributed by atoms with Crippen LogP contribution in [0.4, 0.5) is 23.4 Å². The number of rotatable bonds is 5. The van der Waals surface area contributed by atoms with E-state index in [2.05, 4.69) is 39.0 Å². The Hall–Kier alpha value is -2.48. The predicted octanol–water partition coefficient (Wildman–Crippen LogP) is 2.34. The van der Waals surface area contributed by atoms with Gasteiger partial charge in [-0.3, -0.25) is 0 Å². The van der Waals surface area contributed by atoms with Crippen molar-refractivity contribution in [3.8, 4) is 0 Å². The van der Waals surface area contributed by atoms with Gasteiger partial charge in [0, 0.05) is 33.1 Å². The molecule has 1 N–H and O–H groups in total. The standard InChI is InChI=1S/C18H27N7O/c1-12(2)16-21-17(23-18(22-16)24(4)5)20-14-6-7-15(19-13(14)3)25-8-10-26-11-9-25/h6-7,12H,8-11H2,1-5H3,(H,20,21,22,23). The second-order valence-electron chi connectivity index (χ2n) is 6.89. The number of hydrogen-bond donors (Lipinski definition) is 1. The van der Waals surface area contributed by atoms with Gasteiger partial charge < -0.3 is 19.9 Å². The molecule has 3 rings (SSSR count). The Bertz CT molecular complexity index is 731. The highest BCUT2D eigenvalue weighted by molar-refractivity contribution is 5.60. The van der Waals surface area contributed by atoms with Crippen molar-refractivity contribution in [3.05, 3.63) is 23.7 Å². The van der Waals surface area contributed by atoms with Crippen molar-refractivity contribution >= 4 is 23.4 Å². The molecule has 1 saturated heterocycles. The Morgan fingerprint density at radius 3 is 2.42 bits per heavy atom. The number of nitrogens with zero attached hydrogens (tertiary/aromatic N) is 6. The van der Waals surface area contributed by atoms with E-state index in [1.54, 1.807) is 0 Å². The highest BCUT2D eigenvalue weighted by atomic mass is 16.5. The van der Waals surface area contributed by atoms with E-state index in [9.17, 15) is 0 Å². The number of hydrogen-bond acceptors (Lipinski definition) is 8. The lowest BCUT2D eigenvalue weighted by Crippen LogP contribution is -2.36. The number of aryl methyl sites for hydroxylation is 1. The van der Waals surface area contributed by atoms with Gasteiger partial charge in [-0.05, 0) is 19.1 Å². The van der Waals surface area contributed by atoms with Crippen LogP contribution in [0.1, 0.15) is 31.3 Å². The molecule has 0 saturated carbocycles. The summed E-state index contributed by atoms with van der Waals surface area (Å²) in [6, 6.07) is 4.05. The van der Waals surface area contributed by atoms with Crippen molar-refractivity contribution < 1.29 is 4.74 Å². The summed E-state index contributed by atoms with van der Waals surface area (Å²) >= 11 is 0. The molecule has 140 valence electrons. The maximum Gasteiger partial charge on any atom is 0.232 e. The summed E-state index contributed by atoms with van der Waals surface area (Å²) in [5.74, 6) is 3.14. The van der Waals surface area contributed by atoms with Crippen LogP contribution in [0.25, 0.3) is 0 Å². The maximum absolute atomic E-state index is 5.41. The van der Waals surface area contributed by atoms with Gasteiger partial charge in [0.15, 0.2) is 0 Å². The molecule has 0 amide bonds. The molecular formula is C18H27N7O. The van der Waals surface area contributed by atoms with Crippen LogP contribution in [-0.2, 0) is 4.74 Å². The highest BCUT2D eigenvalue weighted by Crippen LogP contribution is 2.23. The number of nitrogens with one attached hydrogen (secondary N) is 1. The van der Waals surface area contributed by atoms with Gasteiger partial charge >= 0.3 is 0 Å². The first-order chi connectivity index (χ1) is 12.4. The van der Waals surface area contributed by atoms with Crippen LogP contribution in [0.3, 0.4) is 0 Å². The van der Waals surface area contributed by atoms with E-state index in [1.165, 1.54) is 0 Å². The summed E-state index contributed by atoms with van der Waals surface area (Å²) in [5, 5.41) is 3.30. The van der Waals surface area contributed by atoms with Crippen LogP contribution in [0.5, 0.6) is 0 Å². The van der Waals surface area contributed by atoms with Gasteiger partial charge in [0.1, 0.15) is 11.6 Å². The van der Waals surface area contributed by atoms with E-state index >= 15 is 0 Å². The first-order valence-corrected chi connectivity index (χ1v) is 8.94. The van der Waals surface area contributed by atoms with E-state index < -0.39 is 0 Å². The summed E-state index contributed by atoms with van der Waals surface area (Å²) in [5.41, 5.74) is 1.81. The SMILES string of the molecule is Cc1nc(N2CCOCC2)ccc1Nc1nc(C(C)C)nc(N(C)C)n1. The fraction of sp³-hybridized carbons (Fsp3) is 0.556. The third-order valence-corrected chi connectivity index (χ3v) is 4.21. The van der Waals surface area contributed by atoms with Crippen molar-refractivity contribution in [3.63, 3.8) is 0 Å². The quantitative estimate of drug-likeness (QED) is 0.873. The van der Waals surface area contributed by atoms with Crippen LogP contribution in [0.2, 0.25) is 0 Å². The third-order valence-electron chi connectivity index (χ3n) is 4.21. The summed E-state index contributed by atoms with van der Waals surface area (Å²) in [7, 11) is 3.85. The number of pyridine rings is 1. The normalized spacial score (nSPS) is 14.6. The molecule has 1 aliphatic rings. The number of morpholine rings is 1. The number of aromatic nitrogens is 4. The molecule has 3 heterocycles. The molecule has 1 aliphatic heterocycles. The maximum atomic E-state index is 5.41. The molecular weight excluding hydrogens is 330 g/mol. The van der Waals surface area contributed by atoms with Crippen molar-refractivity contribution in [2.24, 2.45) is 0 Å². The Kier molecular flexibility index (Phi) is 5.51. The zero-order chi connectivity index (χ0) is 18.7. The minimum absolute atomic E-state index is 0.222. The second kappa shape index (κ2) is 7.82. The molecule has 0 radical (unpaired) electrons.